The minimum atomic E-state index is -3.74. The summed E-state index contributed by atoms with van der Waals surface area (Å²) >= 11 is 5.93. The average Bonchev–Trinajstić information content (AvgIpc) is 2.48. The van der Waals surface area contributed by atoms with Crippen LogP contribution < -0.4 is 5.73 Å². The largest absolute Gasteiger partial charge is 0.449 e. The minimum absolute atomic E-state index is 0.0187. The van der Waals surface area contributed by atoms with Gasteiger partial charge in [-0.1, -0.05) is 25.4 Å². The smallest absolute Gasteiger partial charge is 0.340 e. The zero-order valence-corrected chi connectivity index (χ0v) is 14.6. The molecule has 0 aliphatic rings. The number of rotatable bonds is 7. The predicted octanol–water partition coefficient (Wildman–Crippen LogP) is 1.40. The molecule has 0 radical (unpaired) electrons. The van der Waals surface area contributed by atoms with E-state index < -0.39 is 28.0 Å². The number of carbonyl (C=O) groups excluding carboxylic acids is 2. The van der Waals surface area contributed by atoms with E-state index in [9.17, 15) is 18.0 Å². The number of ether oxygens (including phenoxy) is 1. The quantitative estimate of drug-likeness (QED) is 0.738. The standard InChI is InChI=1S/C14H19ClN2O5S/c1-4-17(5-2)23(20,21)10-6-7-12(15)11(8-10)14(19)22-9(3)13(16)18/h6-9H,4-5H2,1-3H3,(H2,16,18)/t9-/m0/s1. The number of carbonyl (C=O) groups is 2. The van der Waals surface area contributed by atoms with Crippen LogP contribution in [0, 0.1) is 0 Å². The Labute approximate surface area is 140 Å². The van der Waals surface area contributed by atoms with Gasteiger partial charge in [0, 0.05) is 13.1 Å². The number of esters is 1. The molecule has 1 aromatic carbocycles. The first kappa shape index (κ1) is 19.4. The highest BCUT2D eigenvalue weighted by Crippen LogP contribution is 2.24. The SMILES string of the molecule is CCN(CC)S(=O)(=O)c1ccc(Cl)c(C(=O)O[C@@H](C)C(N)=O)c1. The molecule has 2 N–H and O–H groups in total. The summed E-state index contributed by atoms with van der Waals surface area (Å²) in [6.07, 6.45) is -1.15. The molecule has 9 heteroatoms. The maximum atomic E-state index is 12.5. The van der Waals surface area contributed by atoms with Gasteiger partial charge >= 0.3 is 5.97 Å². The van der Waals surface area contributed by atoms with Crippen LogP contribution in [0.2, 0.25) is 5.02 Å². The molecule has 0 bridgehead atoms. The predicted molar refractivity (Wildman–Crippen MR) is 85.6 cm³/mol. The van der Waals surface area contributed by atoms with Crippen LogP contribution in [0.5, 0.6) is 0 Å². The van der Waals surface area contributed by atoms with Crippen molar-refractivity contribution in [3.05, 3.63) is 28.8 Å². The van der Waals surface area contributed by atoms with Gasteiger partial charge < -0.3 is 10.5 Å². The molecular formula is C14H19ClN2O5S. The Morgan fingerprint density at radius 1 is 1.30 bits per heavy atom. The number of amides is 1. The van der Waals surface area contributed by atoms with E-state index >= 15 is 0 Å². The van der Waals surface area contributed by atoms with Crippen molar-refractivity contribution in [1.82, 2.24) is 4.31 Å². The fourth-order valence-electron chi connectivity index (χ4n) is 1.82. The Hall–Kier alpha value is -1.64. The maximum Gasteiger partial charge on any atom is 0.340 e. The van der Waals surface area contributed by atoms with Crippen molar-refractivity contribution in [3.8, 4) is 0 Å². The summed E-state index contributed by atoms with van der Waals surface area (Å²) in [6.45, 7) is 5.31. The van der Waals surface area contributed by atoms with Crippen molar-refractivity contribution in [2.24, 2.45) is 5.73 Å². The van der Waals surface area contributed by atoms with Crippen LogP contribution in [-0.2, 0) is 19.6 Å². The van der Waals surface area contributed by atoms with Crippen molar-refractivity contribution in [3.63, 3.8) is 0 Å². The third kappa shape index (κ3) is 4.43. The molecule has 0 saturated heterocycles. The van der Waals surface area contributed by atoms with E-state index in [0.717, 1.165) is 6.07 Å². The van der Waals surface area contributed by atoms with Crippen molar-refractivity contribution in [1.29, 1.82) is 0 Å². The second-order valence-corrected chi connectivity index (χ2v) is 7.03. The zero-order valence-electron chi connectivity index (χ0n) is 13.1. The number of halogens is 1. The first-order valence-electron chi connectivity index (χ1n) is 6.95. The molecule has 0 unspecified atom stereocenters. The molecule has 1 aromatic rings. The molecule has 23 heavy (non-hydrogen) atoms. The van der Waals surface area contributed by atoms with Crippen LogP contribution in [-0.4, -0.2) is 43.8 Å². The number of nitrogens with two attached hydrogens (primary N) is 1. The minimum Gasteiger partial charge on any atom is -0.449 e. The van der Waals surface area contributed by atoms with E-state index in [-0.39, 0.29) is 15.5 Å². The first-order chi connectivity index (χ1) is 10.6. The van der Waals surface area contributed by atoms with E-state index in [1.165, 1.54) is 23.4 Å². The van der Waals surface area contributed by atoms with Gasteiger partial charge in [0.15, 0.2) is 6.10 Å². The number of hydrogen-bond acceptors (Lipinski definition) is 5. The van der Waals surface area contributed by atoms with E-state index in [4.69, 9.17) is 22.1 Å². The van der Waals surface area contributed by atoms with Gasteiger partial charge in [-0.05, 0) is 25.1 Å². The lowest BCUT2D eigenvalue weighted by Gasteiger charge is -2.19. The van der Waals surface area contributed by atoms with E-state index in [2.05, 4.69) is 0 Å². The van der Waals surface area contributed by atoms with Crippen molar-refractivity contribution in [2.45, 2.75) is 31.8 Å². The lowest BCUT2D eigenvalue weighted by molar-refractivity contribution is -0.125. The number of benzene rings is 1. The molecule has 0 aliphatic heterocycles. The molecule has 7 nitrogen and oxygen atoms in total. The highest BCUT2D eigenvalue weighted by molar-refractivity contribution is 7.89. The summed E-state index contributed by atoms with van der Waals surface area (Å²) in [6, 6.07) is 3.74. The highest BCUT2D eigenvalue weighted by Gasteiger charge is 2.25. The van der Waals surface area contributed by atoms with Gasteiger partial charge in [-0.25, -0.2) is 13.2 Å². The van der Waals surface area contributed by atoms with Crippen LogP contribution in [0.15, 0.2) is 23.1 Å². The third-order valence-corrected chi connectivity index (χ3v) is 5.56. The molecule has 0 aromatic heterocycles. The maximum absolute atomic E-state index is 12.5. The average molecular weight is 363 g/mol. The summed E-state index contributed by atoms with van der Waals surface area (Å²) in [4.78, 5) is 22.9. The summed E-state index contributed by atoms with van der Waals surface area (Å²) < 4.78 is 31.0. The Morgan fingerprint density at radius 3 is 2.35 bits per heavy atom. The molecule has 0 fully saturated rings. The van der Waals surface area contributed by atoms with Crippen LogP contribution in [0.4, 0.5) is 0 Å². The molecule has 128 valence electrons. The highest BCUT2D eigenvalue weighted by atomic mass is 35.5. The van der Waals surface area contributed by atoms with Gasteiger partial charge in [0.25, 0.3) is 5.91 Å². The molecule has 1 atom stereocenters. The summed E-state index contributed by atoms with van der Waals surface area (Å²) in [5.74, 6) is -1.74. The number of hydrogen-bond donors (Lipinski definition) is 1. The fourth-order valence-corrected chi connectivity index (χ4v) is 3.50. The molecule has 0 aliphatic carbocycles. The normalized spacial score (nSPS) is 12.9. The van der Waals surface area contributed by atoms with Gasteiger partial charge in [-0.2, -0.15) is 4.31 Å². The molecular weight excluding hydrogens is 344 g/mol. The monoisotopic (exact) mass is 362 g/mol. The van der Waals surface area contributed by atoms with Gasteiger partial charge in [-0.3, -0.25) is 4.79 Å². The van der Waals surface area contributed by atoms with Crippen molar-refractivity contribution < 1.29 is 22.7 Å². The number of nitrogens with zero attached hydrogens (tertiary/aromatic N) is 1. The summed E-state index contributed by atoms with van der Waals surface area (Å²) in [5, 5.41) is 0.0187. The Bertz CT molecular complexity index is 701. The van der Waals surface area contributed by atoms with Gasteiger partial charge in [0.2, 0.25) is 10.0 Å². The first-order valence-corrected chi connectivity index (χ1v) is 8.76. The third-order valence-electron chi connectivity index (χ3n) is 3.19. The van der Waals surface area contributed by atoms with Crippen LogP contribution >= 0.6 is 11.6 Å². The lowest BCUT2D eigenvalue weighted by atomic mass is 10.2. The lowest BCUT2D eigenvalue weighted by Crippen LogP contribution is -2.31. The van der Waals surface area contributed by atoms with Crippen LogP contribution in [0.25, 0.3) is 0 Å². The van der Waals surface area contributed by atoms with E-state index in [1.54, 1.807) is 13.8 Å². The Kier molecular flexibility index (Phi) is 6.55. The molecule has 0 spiro atoms. The summed E-state index contributed by atoms with van der Waals surface area (Å²) in [5.41, 5.74) is 4.88. The molecule has 0 saturated carbocycles. The zero-order chi connectivity index (χ0) is 17.8. The number of primary amides is 1. The summed E-state index contributed by atoms with van der Waals surface area (Å²) in [7, 11) is -3.74. The van der Waals surface area contributed by atoms with Crippen molar-refractivity contribution in [2.75, 3.05) is 13.1 Å². The Balaban J connectivity index is 3.23. The van der Waals surface area contributed by atoms with Crippen molar-refractivity contribution >= 4 is 33.5 Å². The number of sulfonamides is 1. The molecule has 1 amide bonds. The second-order valence-electron chi connectivity index (χ2n) is 4.68. The van der Waals surface area contributed by atoms with Gasteiger partial charge in [0.1, 0.15) is 0 Å². The topological polar surface area (TPSA) is 107 Å². The van der Waals surface area contributed by atoms with Crippen LogP contribution in [0.3, 0.4) is 0 Å². The van der Waals surface area contributed by atoms with E-state index in [0.29, 0.717) is 13.1 Å². The van der Waals surface area contributed by atoms with Gasteiger partial charge in [-0.15, -0.1) is 0 Å². The van der Waals surface area contributed by atoms with Crippen LogP contribution in [0.1, 0.15) is 31.1 Å². The molecule has 0 heterocycles. The molecule has 1 rings (SSSR count). The Morgan fingerprint density at radius 2 is 1.87 bits per heavy atom. The second kappa shape index (κ2) is 7.76. The fraction of sp³-hybridized carbons (Fsp3) is 0.429. The van der Waals surface area contributed by atoms with Gasteiger partial charge in [0.05, 0.1) is 15.5 Å². The van der Waals surface area contributed by atoms with E-state index in [1.807, 2.05) is 0 Å².